The summed E-state index contributed by atoms with van der Waals surface area (Å²) in [5.41, 5.74) is 5.16. The van der Waals surface area contributed by atoms with Gasteiger partial charge in [0, 0.05) is 18.1 Å². The number of sulfonamides is 1. The highest BCUT2D eigenvalue weighted by molar-refractivity contribution is 7.89. The molecule has 0 aliphatic heterocycles. The molecule has 0 bridgehead atoms. The van der Waals surface area contributed by atoms with Crippen LogP contribution in [0, 0.1) is 5.82 Å². The summed E-state index contributed by atoms with van der Waals surface area (Å²) in [6, 6.07) is 2.29. The lowest BCUT2D eigenvalue weighted by atomic mass is 10.3. The van der Waals surface area contributed by atoms with E-state index < -0.39 is 20.7 Å². The van der Waals surface area contributed by atoms with Gasteiger partial charge in [0.2, 0.25) is 10.0 Å². The molecule has 7 heteroatoms. The van der Waals surface area contributed by atoms with Crippen molar-refractivity contribution >= 4 is 27.3 Å². The summed E-state index contributed by atoms with van der Waals surface area (Å²) in [6.07, 6.45) is 1.30. The van der Waals surface area contributed by atoms with Crippen LogP contribution in [-0.2, 0) is 10.0 Å². The lowest BCUT2D eigenvalue weighted by molar-refractivity contribution is 0.406. The average molecular weight is 309 g/mol. The van der Waals surface area contributed by atoms with Gasteiger partial charge in [-0.3, -0.25) is 0 Å². The first-order chi connectivity index (χ1) is 8.84. The molecule has 0 heterocycles. The van der Waals surface area contributed by atoms with Crippen LogP contribution in [0.2, 0.25) is 5.02 Å². The summed E-state index contributed by atoms with van der Waals surface area (Å²) >= 11 is 5.76. The number of hydrogen-bond donors (Lipinski definition) is 1. The van der Waals surface area contributed by atoms with E-state index in [0.717, 1.165) is 6.07 Å². The fourth-order valence-corrected chi connectivity index (χ4v) is 3.80. The molecule has 0 saturated carbocycles. The van der Waals surface area contributed by atoms with Crippen molar-refractivity contribution in [3.63, 3.8) is 0 Å². The van der Waals surface area contributed by atoms with Crippen LogP contribution in [0.4, 0.5) is 10.1 Å². The Balaban J connectivity index is 3.32. The first-order valence-electron chi connectivity index (χ1n) is 6.09. The highest BCUT2D eigenvalue weighted by Gasteiger charge is 2.27. The Morgan fingerprint density at radius 3 is 2.26 bits per heavy atom. The molecule has 0 spiro atoms. The van der Waals surface area contributed by atoms with Crippen molar-refractivity contribution in [3.05, 3.63) is 23.0 Å². The van der Waals surface area contributed by atoms with Crippen LogP contribution in [0.15, 0.2) is 17.0 Å². The molecule has 0 aromatic heterocycles. The van der Waals surface area contributed by atoms with E-state index in [-0.39, 0.29) is 10.7 Å². The van der Waals surface area contributed by atoms with Crippen molar-refractivity contribution in [2.24, 2.45) is 0 Å². The molecular weight excluding hydrogens is 291 g/mol. The van der Waals surface area contributed by atoms with Crippen molar-refractivity contribution in [3.8, 4) is 0 Å². The minimum absolute atomic E-state index is 0.102. The molecule has 19 heavy (non-hydrogen) atoms. The average Bonchev–Trinajstić information content (AvgIpc) is 2.33. The number of halogens is 2. The molecule has 0 amide bonds. The van der Waals surface area contributed by atoms with Gasteiger partial charge in [-0.25, -0.2) is 12.8 Å². The molecule has 0 fully saturated rings. The van der Waals surface area contributed by atoms with Crippen LogP contribution < -0.4 is 5.73 Å². The monoisotopic (exact) mass is 308 g/mol. The molecule has 108 valence electrons. The quantitative estimate of drug-likeness (QED) is 0.822. The number of benzene rings is 1. The molecule has 0 radical (unpaired) electrons. The zero-order chi connectivity index (χ0) is 14.6. The van der Waals surface area contributed by atoms with Gasteiger partial charge in [-0.2, -0.15) is 4.31 Å². The highest BCUT2D eigenvalue weighted by atomic mass is 35.5. The van der Waals surface area contributed by atoms with Gasteiger partial charge in [0.1, 0.15) is 4.90 Å². The second kappa shape index (κ2) is 6.54. The third-order valence-corrected chi connectivity index (χ3v) is 4.71. The van der Waals surface area contributed by atoms with E-state index in [1.165, 1.54) is 10.4 Å². The number of anilines is 1. The third-order valence-electron chi connectivity index (χ3n) is 2.60. The van der Waals surface area contributed by atoms with Crippen molar-refractivity contribution in [2.75, 3.05) is 18.8 Å². The second-order valence-corrected chi connectivity index (χ2v) is 6.55. The number of nitrogen functional groups attached to an aromatic ring is 1. The van der Waals surface area contributed by atoms with Gasteiger partial charge in [0.15, 0.2) is 5.82 Å². The minimum Gasteiger partial charge on any atom is -0.396 e. The number of nitrogens with two attached hydrogens (primary N) is 1. The van der Waals surface area contributed by atoms with E-state index in [9.17, 15) is 12.8 Å². The molecule has 4 nitrogen and oxygen atoms in total. The first kappa shape index (κ1) is 16.2. The summed E-state index contributed by atoms with van der Waals surface area (Å²) in [5.74, 6) is -0.943. The molecule has 0 aliphatic carbocycles. The molecule has 0 unspecified atom stereocenters. The van der Waals surface area contributed by atoms with E-state index in [1.54, 1.807) is 0 Å². The standard InChI is InChI=1S/C12H18ClFN2O2S/c1-3-5-16(6-4-2)19(17,18)11-8-9(13)7-10(15)12(11)14/h7-8H,3-6,15H2,1-2H3. The van der Waals surface area contributed by atoms with Crippen molar-refractivity contribution in [2.45, 2.75) is 31.6 Å². The predicted octanol–water partition coefficient (Wildman–Crippen LogP) is 2.87. The highest BCUT2D eigenvalue weighted by Crippen LogP contribution is 2.27. The van der Waals surface area contributed by atoms with Gasteiger partial charge in [-0.15, -0.1) is 0 Å². The summed E-state index contributed by atoms with van der Waals surface area (Å²) in [7, 11) is -3.91. The number of nitrogens with zero attached hydrogens (tertiary/aromatic N) is 1. The van der Waals surface area contributed by atoms with Gasteiger partial charge < -0.3 is 5.73 Å². The topological polar surface area (TPSA) is 63.4 Å². The Kier molecular flexibility index (Phi) is 5.58. The summed E-state index contributed by atoms with van der Waals surface area (Å²) in [6.45, 7) is 4.39. The van der Waals surface area contributed by atoms with E-state index in [2.05, 4.69) is 0 Å². The Morgan fingerprint density at radius 1 is 1.26 bits per heavy atom. The maximum absolute atomic E-state index is 13.9. The van der Waals surface area contributed by atoms with Crippen molar-refractivity contribution in [1.82, 2.24) is 4.31 Å². The molecule has 0 aliphatic rings. The summed E-state index contributed by atoms with van der Waals surface area (Å²) in [4.78, 5) is -0.459. The fourth-order valence-electron chi connectivity index (χ4n) is 1.76. The van der Waals surface area contributed by atoms with Crippen LogP contribution >= 0.6 is 11.6 Å². The maximum atomic E-state index is 13.9. The molecule has 0 atom stereocenters. The largest absolute Gasteiger partial charge is 0.396 e. The lowest BCUT2D eigenvalue weighted by Gasteiger charge is -2.21. The van der Waals surface area contributed by atoms with Crippen LogP contribution in [0.3, 0.4) is 0 Å². The van der Waals surface area contributed by atoms with E-state index in [0.29, 0.717) is 25.9 Å². The SMILES string of the molecule is CCCN(CCC)S(=O)(=O)c1cc(Cl)cc(N)c1F. The number of hydrogen-bond acceptors (Lipinski definition) is 3. The van der Waals surface area contributed by atoms with E-state index >= 15 is 0 Å². The van der Waals surface area contributed by atoms with Crippen LogP contribution in [0.1, 0.15) is 26.7 Å². The fraction of sp³-hybridized carbons (Fsp3) is 0.500. The molecular formula is C12H18ClFN2O2S. The Hall–Kier alpha value is -0.850. The zero-order valence-electron chi connectivity index (χ0n) is 11.0. The first-order valence-corrected chi connectivity index (χ1v) is 7.91. The van der Waals surface area contributed by atoms with Crippen LogP contribution in [0.25, 0.3) is 0 Å². The van der Waals surface area contributed by atoms with E-state index in [4.69, 9.17) is 17.3 Å². The molecule has 0 saturated heterocycles. The van der Waals surface area contributed by atoms with Crippen LogP contribution in [-0.4, -0.2) is 25.8 Å². The Bertz CT molecular complexity index is 543. The molecule has 1 aromatic carbocycles. The Morgan fingerprint density at radius 2 is 1.79 bits per heavy atom. The maximum Gasteiger partial charge on any atom is 0.246 e. The molecule has 1 rings (SSSR count). The minimum atomic E-state index is -3.91. The van der Waals surface area contributed by atoms with Gasteiger partial charge in [-0.05, 0) is 25.0 Å². The zero-order valence-corrected chi connectivity index (χ0v) is 12.6. The third kappa shape index (κ3) is 3.58. The van der Waals surface area contributed by atoms with Crippen molar-refractivity contribution < 1.29 is 12.8 Å². The van der Waals surface area contributed by atoms with Crippen LogP contribution in [0.5, 0.6) is 0 Å². The van der Waals surface area contributed by atoms with Gasteiger partial charge in [-0.1, -0.05) is 25.4 Å². The Labute approximate surface area is 118 Å². The second-order valence-electron chi connectivity index (χ2n) is 4.21. The predicted molar refractivity (Wildman–Crippen MR) is 75.2 cm³/mol. The van der Waals surface area contributed by atoms with Gasteiger partial charge in [0.25, 0.3) is 0 Å². The van der Waals surface area contributed by atoms with Gasteiger partial charge in [0.05, 0.1) is 5.69 Å². The summed E-state index contributed by atoms with van der Waals surface area (Å²) in [5, 5.41) is 0.102. The molecule has 2 N–H and O–H groups in total. The number of rotatable bonds is 6. The van der Waals surface area contributed by atoms with Crippen molar-refractivity contribution in [1.29, 1.82) is 0 Å². The van der Waals surface area contributed by atoms with Gasteiger partial charge >= 0.3 is 0 Å². The smallest absolute Gasteiger partial charge is 0.246 e. The normalized spacial score (nSPS) is 12.1. The molecule has 1 aromatic rings. The summed E-state index contributed by atoms with van der Waals surface area (Å²) < 4.78 is 40.0. The van der Waals surface area contributed by atoms with E-state index in [1.807, 2.05) is 13.8 Å². The lowest BCUT2D eigenvalue weighted by Crippen LogP contribution is -2.33.